The zero-order valence-corrected chi connectivity index (χ0v) is 11.0. The molecule has 0 bridgehead atoms. The van der Waals surface area contributed by atoms with Gasteiger partial charge < -0.3 is 9.73 Å². The molecule has 2 aromatic rings. The number of benzene rings is 1. The molecule has 0 amide bonds. The van der Waals surface area contributed by atoms with Crippen LogP contribution in [0, 0.1) is 5.82 Å². The van der Waals surface area contributed by atoms with Gasteiger partial charge in [-0.3, -0.25) is 0 Å². The maximum absolute atomic E-state index is 13.7. The number of nitrogens with one attached hydrogen (secondary N) is 1. The van der Waals surface area contributed by atoms with E-state index in [1.54, 1.807) is 18.4 Å². The van der Waals surface area contributed by atoms with Crippen molar-refractivity contribution in [3.63, 3.8) is 0 Å². The third-order valence-corrected chi connectivity index (χ3v) is 3.79. The lowest BCUT2D eigenvalue weighted by Gasteiger charge is -2.19. The summed E-state index contributed by atoms with van der Waals surface area (Å²) in [6, 6.07) is 9.84. The Morgan fingerprint density at radius 1 is 1.37 bits per heavy atom. The molecular weight excluding hydrogens is 241 g/mol. The first kappa shape index (κ1) is 12.4. The molecule has 3 heteroatoms. The van der Waals surface area contributed by atoms with Crippen LogP contribution in [0.4, 0.5) is 4.39 Å². The van der Waals surface area contributed by atoms with Gasteiger partial charge in [0.15, 0.2) is 0 Å². The molecule has 1 heterocycles. The van der Waals surface area contributed by atoms with Crippen LogP contribution in [0.2, 0.25) is 0 Å². The number of halogens is 1. The highest BCUT2D eigenvalue weighted by molar-refractivity contribution is 5.35. The predicted octanol–water partition coefficient (Wildman–Crippen LogP) is 3.63. The number of furan rings is 1. The molecule has 19 heavy (non-hydrogen) atoms. The molecule has 3 rings (SSSR count). The van der Waals surface area contributed by atoms with Crippen molar-refractivity contribution in [2.45, 2.75) is 38.3 Å². The van der Waals surface area contributed by atoms with Gasteiger partial charge in [0.25, 0.3) is 0 Å². The van der Waals surface area contributed by atoms with E-state index in [9.17, 15) is 4.39 Å². The fraction of sp³-hybridized carbons (Fsp3) is 0.375. The zero-order chi connectivity index (χ0) is 13.2. The van der Waals surface area contributed by atoms with Crippen molar-refractivity contribution in [2.24, 2.45) is 0 Å². The van der Waals surface area contributed by atoms with Crippen molar-refractivity contribution in [1.29, 1.82) is 0 Å². The molecule has 0 saturated heterocycles. The zero-order valence-electron chi connectivity index (χ0n) is 11.0. The van der Waals surface area contributed by atoms with E-state index in [1.165, 1.54) is 0 Å². The highest BCUT2D eigenvalue weighted by Gasteiger charge is 2.25. The molecule has 1 aliphatic carbocycles. The minimum absolute atomic E-state index is 0.0690. The summed E-state index contributed by atoms with van der Waals surface area (Å²) in [6.07, 6.45) is 4.35. The van der Waals surface area contributed by atoms with Crippen LogP contribution in [-0.4, -0.2) is 6.04 Å². The lowest BCUT2D eigenvalue weighted by atomic mass is 10.1. The molecular formula is C16H18FNO. The summed E-state index contributed by atoms with van der Waals surface area (Å²) in [5.41, 5.74) is 2.00. The maximum atomic E-state index is 13.7. The van der Waals surface area contributed by atoms with E-state index < -0.39 is 0 Å². The van der Waals surface area contributed by atoms with Gasteiger partial charge in [-0.1, -0.05) is 12.1 Å². The molecule has 1 aliphatic rings. The third kappa shape index (κ3) is 2.56. The lowest BCUT2D eigenvalue weighted by Crippen LogP contribution is -2.31. The van der Waals surface area contributed by atoms with Crippen LogP contribution >= 0.6 is 0 Å². The average molecular weight is 259 g/mol. The minimum atomic E-state index is -0.0690. The fourth-order valence-electron chi connectivity index (χ4n) is 2.92. The first-order valence-electron chi connectivity index (χ1n) is 6.80. The van der Waals surface area contributed by atoms with Gasteiger partial charge in [-0.15, -0.1) is 0 Å². The maximum Gasteiger partial charge on any atom is 0.126 e. The number of rotatable bonds is 4. The van der Waals surface area contributed by atoms with Crippen LogP contribution < -0.4 is 5.32 Å². The summed E-state index contributed by atoms with van der Waals surface area (Å²) < 4.78 is 19.0. The smallest absolute Gasteiger partial charge is 0.126 e. The third-order valence-electron chi connectivity index (χ3n) is 3.79. The molecule has 1 N–H and O–H groups in total. The molecule has 0 aliphatic heterocycles. The minimum Gasteiger partial charge on any atom is -0.469 e. The van der Waals surface area contributed by atoms with Crippen molar-refractivity contribution in [3.05, 3.63) is 59.3 Å². The molecule has 2 atom stereocenters. The van der Waals surface area contributed by atoms with Crippen LogP contribution in [0.1, 0.15) is 36.3 Å². The van der Waals surface area contributed by atoms with Crippen molar-refractivity contribution in [3.8, 4) is 0 Å². The molecule has 2 nitrogen and oxygen atoms in total. The van der Waals surface area contributed by atoms with Gasteiger partial charge in [-0.25, -0.2) is 4.39 Å². The lowest BCUT2D eigenvalue weighted by molar-refractivity contribution is 0.415. The molecule has 2 unspecified atom stereocenters. The number of hydrogen-bond donors (Lipinski definition) is 1. The summed E-state index contributed by atoms with van der Waals surface area (Å²) in [5, 5.41) is 3.57. The van der Waals surface area contributed by atoms with Gasteiger partial charge in [-0.2, -0.15) is 0 Å². The van der Waals surface area contributed by atoms with E-state index in [1.807, 2.05) is 18.2 Å². The molecule has 0 spiro atoms. The molecule has 1 aromatic heterocycles. The molecule has 1 aromatic carbocycles. The van der Waals surface area contributed by atoms with Crippen LogP contribution in [0.3, 0.4) is 0 Å². The van der Waals surface area contributed by atoms with Crippen LogP contribution in [0.25, 0.3) is 0 Å². The first-order valence-corrected chi connectivity index (χ1v) is 6.80. The summed E-state index contributed by atoms with van der Waals surface area (Å²) in [6.45, 7) is 2.14. The van der Waals surface area contributed by atoms with Crippen LogP contribution in [0.15, 0.2) is 41.0 Å². The topological polar surface area (TPSA) is 25.2 Å². The summed E-state index contributed by atoms with van der Waals surface area (Å²) in [7, 11) is 0. The summed E-state index contributed by atoms with van der Waals surface area (Å²) in [4.78, 5) is 0. The fourth-order valence-corrected chi connectivity index (χ4v) is 2.92. The van der Waals surface area contributed by atoms with E-state index in [0.29, 0.717) is 6.04 Å². The van der Waals surface area contributed by atoms with Crippen molar-refractivity contribution >= 4 is 0 Å². The summed E-state index contributed by atoms with van der Waals surface area (Å²) >= 11 is 0. The SMILES string of the molecule is CC(Cc1ccco1)NC1CCc2c(F)cccc21. The number of hydrogen-bond acceptors (Lipinski definition) is 2. The van der Waals surface area contributed by atoms with Gasteiger partial charge in [0.2, 0.25) is 0 Å². The molecule has 0 saturated carbocycles. The Morgan fingerprint density at radius 2 is 2.26 bits per heavy atom. The van der Waals surface area contributed by atoms with E-state index in [4.69, 9.17) is 4.42 Å². The average Bonchev–Trinajstić information content (AvgIpc) is 3.01. The Kier molecular flexibility index (Phi) is 3.38. The Bertz CT molecular complexity index is 550. The van der Waals surface area contributed by atoms with E-state index in [0.717, 1.165) is 36.1 Å². The first-order chi connectivity index (χ1) is 9.24. The normalized spacial score (nSPS) is 19.4. The quantitative estimate of drug-likeness (QED) is 0.907. The van der Waals surface area contributed by atoms with Gasteiger partial charge in [-0.05, 0) is 49.1 Å². The van der Waals surface area contributed by atoms with Gasteiger partial charge in [0, 0.05) is 18.5 Å². The Labute approximate surface area is 112 Å². The predicted molar refractivity (Wildman–Crippen MR) is 72.5 cm³/mol. The second-order valence-corrected chi connectivity index (χ2v) is 5.25. The van der Waals surface area contributed by atoms with E-state index >= 15 is 0 Å². The molecule has 0 radical (unpaired) electrons. The second kappa shape index (κ2) is 5.17. The second-order valence-electron chi connectivity index (χ2n) is 5.25. The van der Waals surface area contributed by atoms with E-state index in [-0.39, 0.29) is 11.9 Å². The van der Waals surface area contributed by atoms with Gasteiger partial charge in [0.05, 0.1) is 6.26 Å². The Hall–Kier alpha value is -1.61. The van der Waals surface area contributed by atoms with Crippen LogP contribution in [-0.2, 0) is 12.8 Å². The van der Waals surface area contributed by atoms with Crippen molar-refractivity contribution in [1.82, 2.24) is 5.32 Å². The monoisotopic (exact) mass is 259 g/mol. The highest BCUT2D eigenvalue weighted by Crippen LogP contribution is 2.33. The largest absolute Gasteiger partial charge is 0.469 e. The van der Waals surface area contributed by atoms with Crippen molar-refractivity contribution < 1.29 is 8.81 Å². The Morgan fingerprint density at radius 3 is 3.05 bits per heavy atom. The van der Waals surface area contributed by atoms with Crippen molar-refractivity contribution in [2.75, 3.05) is 0 Å². The van der Waals surface area contributed by atoms with Gasteiger partial charge >= 0.3 is 0 Å². The summed E-state index contributed by atoms with van der Waals surface area (Å²) in [5.74, 6) is 0.915. The Balaban J connectivity index is 1.68. The van der Waals surface area contributed by atoms with Crippen LogP contribution in [0.5, 0.6) is 0 Å². The van der Waals surface area contributed by atoms with E-state index in [2.05, 4.69) is 12.2 Å². The molecule has 100 valence electrons. The number of fused-ring (bicyclic) bond motifs is 1. The van der Waals surface area contributed by atoms with Gasteiger partial charge in [0.1, 0.15) is 11.6 Å². The highest BCUT2D eigenvalue weighted by atomic mass is 19.1. The molecule has 0 fully saturated rings. The standard InChI is InChI=1S/C16H18FNO/c1-11(10-12-4-3-9-19-12)18-16-8-7-13-14(16)5-2-6-15(13)17/h2-6,9,11,16,18H,7-8,10H2,1H3.